The van der Waals surface area contributed by atoms with Gasteiger partial charge in [-0.1, -0.05) is 23.4 Å². The summed E-state index contributed by atoms with van der Waals surface area (Å²) in [7, 11) is 1.55. The zero-order valence-electron chi connectivity index (χ0n) is 10.7. The summed E-state index contributed by atoms with van der Waals surface area (Å²) in [6, 6.07) is 11.2. The minimum absolute atomic E-state index is 0.147. The number of ketones is 1. The van der Waals surface area contributed by atoms with Gasteiger partial charge in [-0.3, -0.25) is 4.79 Å². The molecule has 0 spiro atoms. The van der Waals surface area contributed by atoms with Crippen molar-refractivity contribution in [3.05, 3.63) is 58.5 Å². The molecule has 100 valence electrons. The Morgan fingerprint density at radius 3 is 2.80 bits per heavy atom. The van der Waals surface area contributed by atoms with Crippen LogP contribution in [0.1, 0.15) is 15.4 Å². The van der Waals surface area contributed by atoms with Crippen LogP contribution >= 0.6 is 11.3 Å². The molecule has 0 aliphatic heterocycles. The van der Waals surface area contributed by atoms with E-state index in [0.29, 0.717) is 16.3 Å². The molecule has 0 fully saturated rings. The maximum atomic E-state index is 12.6. The zero-order valence-corrected chi connectivity index (χ0v) is 11.5. The van der Waals surface area contributed by atoms with Gasteiger partial charge in [0.2, 0.25) is 5.78 Å². The monoisotopic (exact) mass is 285 g/mol. The highest BCUT2D eigenvalue weighted by molar-refractivity contribution is 7.12. The second-order valence-corrected chi connectivity index (χ2v) is 4.93. The number of methoxy groups -OCH3 is 1. The molecular weight excluding hydrogens is 274 g/mol. The van der Waals surface area contributed by atoms with Crippen molar-refractivity contribution in [3.63, 3.8) is 0 Å². The Balaban J connectivity index is 2.04. The number of para-hydroxylation sites is 1. The first kappa shape index (κ1) is 12.6. The van der Waals surface area contributed by atoms with Gasteiger partial charge in [0.1, 0.15) is 16.3 Å². The molecule has 0 unspecified atom stereocenters. The highest BCUT2D eigenvalue weighted by Crippen LogP contribution is 2.27. The number of carbonyl (C=O) groups excluding carboxylic acids is 1. The first-order valence-electron chi connectivity index (χ1n) is 5.93. The molecular formula is C14H11N3O2S. The molecule has 6 heteroatoms. The molecule has 1 aromatic carbocycles. The van der Waals surface area contributed by atoms with Crippen LogP contribution in [-0.2, 0) is 0 Å². The van der Waals surface area contributed by atoms with Gasteiger partial charge in [0, 0.05) is 0 Å². The maximum absolute atomic E-state index is 12.6. The van der Waals surface area contributed by atoms with Gasteiger partial charge >= 0.3 is 0 Å². The number of aromatic nitrogens is 3. The standard InChI is InChI=1S/C14H11N3O2S/c1-19-12-7-8-20-14(12)13(18)11-9-15-16-17(11)10-5-3-2-4-6-10/h2-9H,1H3. The van der Waals surface area contributed by atoms with Crippen LogP contribution in [0.25, 0.3) is 5.69 Å². The van der Waals surface area contributed by atoms with Crippen LogP contribution in [0.2, 0.25) is 0 Å². The molecule has 2 aromatic heterocycles. The smallest absolute Gasteiger partial charge is 0.226 e. The van der Waals surface area contributed by atoms with E-state index in [-0.39, 0.29) is 5.78 Å². The van der Waals surface area contributed by atoms with Gasteiger partial charge in [0.15, 0.2) is 0 Å². The number of rotatable bonds is 4. The molecule has 3 rings (SSSR count). The Morgan fingerprint density at radius 1 is 1.25 bits per heavy atom. The van der Waals surface area contributed by atoms with Gasteiger partial charge in [-0.05, 0) is 23.6 Å². The molecule has 20 heavy (non-hydrogen) atoms. The van der Waals surface area contributed by atoms with E-state index >= 15 is 0 Å². The Hall–Kier alpha value is -2.47. The average molecular weight is 285 g/mol. The van der Waals surface area contributed by atoms with Crippen LogP contribution in [0.15, 0.2) is 48.0 Å². The summed E-state index contributed by atoms with van der Waals surface area (Å²) in [5, 5.41) is 9.65. The van der Waals surface area contributed by atoms with Crippen molar-refractivity contribution in [2.45, 2.75) is 0 Å². The Labute approximate surface area is 119 Å². The highest BCUT2D eigenvalue weighted by Gasteiger charge is 2.21. The number of hydrogen-bond donors (Lipinski definition) is 0. The van der Waals surface area contributed by atoms with Gasteiger partial charge in [0.05, 0.1) is 19.0 Å². The Bertz CT molecular complexity index is 734. The molecule has 0 amide bonds. The predicted molar refractivity (Wildman–Crippen MR) is 75.7 cm³/mol. The van der Waals surface area contributed by atoms with Crippen molar-refractivity contribution in [2.24, 2.45) is 0 Å². The average Bonchev–Trinajstić information content (AvgIpc) is 3.16. The predicted octanol–water partition coefficient (Wildman–Crippen LogP) is 2.57. The lowest BCUT2D eigenvalue weighted by atomic mass is 10.2. The van der Waals surface area contributed by atoms with Crippen molar-refractivity contribution >= 4 is 17.1 Å². The number of hydrogen-bond acceptors (Lipinski definition) is 5. The lowest BCUT2D eigenvalue weighted by Gasteiger charge is -2.05. The van der Waals surface area contributed by atoms with E-state index < -0.39 is 0 Å². The number of thiophene rings is 1. The fourth-order valence-corrected chi connectivity index (χ4v) is 2.70. The van der Waals surface area contributed by atoms with Gasteiger partial charge in [-0.25, -0.2) is 4.68 Å². The van der Waals surface area contributed by atoms with Gasteiger partial charge in [-0.15, -0.1) is 16.4 Å². The molecule has 0 saturated heterocycles. The lowest BCUT2D eigenvalue weighted by molar-refractivity contribution is 0.103. The molecule has 0 aliphatic rings. The fourth-order valence-electron chi connectivity index (χ4n) is 1.89. The van der Waals surface area contributed by atoms with Crippen molar-refractivity contribution in [1.82, 2.24) is 15.0 Å². The quantitative estimate of drug-likeness (QED) is 0.691. The molecule has 0 atom stereocenters. The first-order chi connectivity index (χ1) is 9.81. The van der Waals surface area contributed by atoms with E-state index in [1.807, 2.05) is 35.7 Å². The van der Waals surface area contributed by atoms with Crippen molar-refractivity contribution < 1.29 is 9.53 Å². The molecule has 0 saturated carbocycles. The third-order valence-corrected chi connectivity index (χ3v) is 3.73. The summed E-state index contributed by atoms with van der Waals surface area (Å²) in [6.45, 7) is 0. The van der Waals surface area contributed by atoms with Crippen LogP contribution in [0, 0.1) is 0 Å². The first-order valence-corrected chi connectivity index (χ1v) is 6.81. The second-order valence-electron chi connectivity index (χ2n) is 4.01. The molecule has 5 nitrogen and oxygen atoms in total. The summed E-state index contributed by atoms with van der Waals surface area (Å²) in [6.07, 6.45) is 1.47. The van der Waals surface area contributed by atoms with E-state index in [1.54, 1.807) is 13.2 Å². The summed E-state index contributed by atoms with van der Waals surface area (Å²) in [4.78, 5) is 13.1. The SMILES string of the molecule is COc1ccsc1C(=O)c1cnnn1-c1ccccc1. The molecule has 3 aromatic rings. The topological polar surface area (TPSA) is 57.0 Å². The largest absolute Gasteiger partial charge is 0.495 e. The molecule has 0 bridgehead atoms. The molecule has 0 aliphatic carbocycles. The van der Waals surface area contributed by atoms with Crippen LogP contribution in [-0.4, -0.2) is 27.9 Å². The van der Waals surface area contributed by atoms with E-state index in [1.165, 1.54) is 22.2 Å². The van der Waals surface area contributed by atoms with Crippen LogP contribution in [0.5, 0.6) is 5.75 Å². The Kier molecular flexibility index (Phi) is 3.30. The second kappa shape index (κ2) is 5.26. The third-order valence-electron chi connectivity index (χ3n) is 2.84. The van der Waals surface area contributed by atoms with Gasteiger partial charge in [-0.2, -0.15) is 0 Å². The van der Waals surface area contributed by atoms with Crippen LogP contribution < -0.4 is 4.74 Å². The third kappa shape index (κ3) is 2.10. The van der Waals surface area contributed by atoms with E-state index in [2.05, 4.69) is 10.3 Å². The van der Waals surface area contributed by atoms with Gasteiger partial charge in [0.25, 0.3) is 0 Å². The lowest BCUT2D eigenvalue weighted by Crippen LogP contribution is -2.09. The van der Waals surface area contributed by atoms with Crippen molar-refractivity contribution in [3.8, 4) is 11.4 Å². The van der Waals surface area contributed by atoms with Crippen LogP contribution in [0.3, 0.4) is 0 Å². The minimum Gasteiger partial charge on any atom is -0.495 e. The number of nitrogens with zero attached hydrogens (tertiary/aromatic N) is 3. The Morgan fingerprint density at radius 2 is 2.05 bits per heavy atom. The number of ether oxygens (including phenoxy) is 1. The van der Waals surface area contributed by atoms with Crippen molar-refractivity contribution in [1.29, 1.82) is 0 Å². The summed E-state index contributed by atoms with van der Waals surface area (Å²) >= 11 is 1.34. The van der Waals surface area contributed by atoms with Gasteiger partial charge < -0.3 is 4.74 Å². The summed E-state index contributed by atoms with van der Waals surface area (Å²) < 4.78 is 6.72. The summed E-state index contributed by atoms with van der Waals surface area (Å²) in [5.41, 5.74) is 1.21. The summed E-state index contributed by atoms with van der Waals surface area (Å²) in [5.74, 6) is 0.423. The maximum Gasteiger partial charge on any atom is 0.226 e. The van der Waals surface area contributed by atoms with E-state index in [4.69, 9.17) is 4.74 Å². The van der Waals surface area contributed by atoms with Crippen LogP contribution in [0.4, 0.5) is 0 Å². The number of benzene rings is 1. The van der Waals surface area contributed by atoms with E-state index in [0.717, 1.165) is 5.69 Å². The molecule has 0 N–H and O–H groups in total. The van der Waals surface area contributed by atoms with Crippen molar-refractivity contribution in [2.75, 3.05) is 7.11 Å². The van der Waals surface area contributed by atoms with E-state index in [9.17, 15) is 4.79 Å². The zero-order chi connectivity index (χ0) is 13.9. The molecule has 0 radical (unpaired) electrons. The normalized spacial score (nSPS) is 10.4. The number of carbonyl (C=O) groups is 1. The fraction of sp³-hybridized carbons (Fsp3) is 0.0714. The minimum atomic E-state index is -0.147. The highest BCUT2D eigenvalue weighted by atomic mass is 32.1. The molecule has 2 heterocycles.